The Hall–Kier alpha value is 0.01000. The van der Waals surface area contributed by atoms with Crippen molar-refractivity contribution in [3.05, 3.63) is 34.3 Å². The Morgan fingerprint density at radius 3 is 2.60 bits per heavy atom. The third-order valence-electron chi connectivity index (χ3n) is 4.50. The first-order valence-electron chi connectivity index (χ1n) is 6.99. The average molecular weight is 338 g/mol. The Morgan fingerprint density at radius 2 is 1.90 bits per heavy atom. The fourth-order valence-corrected chi connectivity index (χ4v) is 3.70. The highest BCUT2D eigenvalue weighted by Crippen LogP contribution is 2.35. The van der Waals surface area contributed by atoms with Gasteiger partial charge in [-0.3, -0.25) is 4.90 Å². The quantitative estimate of drug-likeness (QED) is 0.843. The van der Waals surface area contributed by atoms with Crippen molar-refractivity contribution in [2.45, 2.75) is 31.7 Å². The van der Waals surface area contributed by atoms with Crippen LogP contribution in [-0.4, -0.2) is 37.1 Å². The van der Waals surface area contributed by atoms with Crippen LogP contribution in [0.5, 0.6) is 0 Å². The highest BCUT2D eigenvalue weighted by Gasteiger charge is 2.31. The van der Waals surface area contributed by atoms with Gasteiger partial charge in [0.15, 0.2) is 0 Å². The minimum Gasteiger partial charge on any atom is -0.314 e. The lowest BCUT2D eigenvalue weighted by atomic mass is 9.79. The minimum atomic E-state index is 0. The van der Waals surface area contributed by atoms with Crippen LogP contribution in [0.25, 0.3) is 0 Å². The van der Waals surface area contributed by atoms with Crippen molar-refractivity contribution in [2.75, 3.05) is 26.2 Å². The van der Waals surface area contributed by atoms with Gasteiger partial charge < -0.3 is 5.32 Å². The molecule has 114 valence electrons. The molecule has 1 aliphatic carbocycles. The number of hydrogen-bond acceptors (Lipinski definition) is 2. The van der Waals surface area contributed by atoms with Gasteiger partial charge in [-0.25, -0.2) is 0 Å². The Bertz CT molecular complexity index is 433. The Balaban J connectivity index is 0.000001000. The summed E-state index contributed by atoms with van der Waals surface area (Å²) in [4.78, 5) is 2.67. The fraction of sp³-hybridized carbons (Fsp3) is 0.600. The molecule has 0 unspecified atom stereocenters. The summed E-state index contributed by atoms with van der Waals surface area (Å²) >= 11 is 6.09. The van der Waals surface area contributed by atoms with E-state index in [2.05, 4.69) is 29.3 Å². The van der Waals surface area contributed by atoms with Gasteiger partial charge in [0.1, 0.15) is 0 Å². The second-order valence-corrected chi connectivity index (χ2v) is 5.96. The topological polar surface area (TPSA) is 15.3 Å². The highest BCUT2D eigenvalue weighted by atomic mass is 35.5. The number of nitrogens with zero attached hydrogens (tertiary/aromatic N) is 1. The monoisotopic (exact) mass is 336 g/mol. The maximum absolute atomic E-state index is 6.09. The Kier molecular flexibility index (Phi) is 7.10. The maximum atomic E-state index is 6.09. The first-order valence-corrected chi connectivity index (χ1v) is 7.36. The van der Waals surface area contributed by atoms with Crippen LogP contribution >= 0.6 is 36.4 Å². The second kappa shape index (κ2) is 7.86. The summed E-state index contributed by atoms with van der Waals surface area (Å²) in [6.07, 6.45) is 2.45. The van der Waals surface area contributed by atoms with Gasteiger partial charge in [-0.2, -0.15) is 0 Å². The molecule has 5 heteroatoms. The predicted molar refractivity (Wildman–Crippen MR) is 90.9 cm³/mol. The van der Waals surface area contributed by atoms with Crippen LogP contribution in [0.3, 0.4) is 0 Å². The number of halogens is 3. The van der Waals surface area contributed by atoms with E-state index in [4.69, 9.17) is 11.6 Å². The Labute approximate surface area is 139 Å². The van der Waals surface area contributed by atoms with E-state index in [0.29, 0.717) is 12.0 Å². The van der Waals surface area contributed by atoms with E-state index in [1.807, 2.05) is 6.07 Å². The number of benzene rings is 1. The molecule has 1 aliphatic heterocycles. The van der Waals surface area contributed by atoms with Crippen molar-refractivity contribution in [3.8, 4) is 0 Å². The normalized spacial score (nSPS) is 26.1. The van der Waals surface area contributed by atoms with Crippen LogP contribution in [0.15, 0.2) is 18.2 Å². The zero-order valence-electron chi connectivity index (χ0n) is 11.8. The van der Waals surface area contributed by atoms with Gasteiger partial charge in [-0.1, -0.05) is 24.6 Å². The lowest BCUT2D eigenvalue weighted by molar-refractivity contribution is 0.141. The van der Waals surface area contributed by atoms with Crippen LogP contribution in [0.1, 0.15) is 30.4 Å². The first-order chi connectivity index (χ1) is 8.75. The number of fused-ring (bicyclic) bond motifs is 1. The molecule has 1 saturated heterocycles. The van der Waals surface area contributed by atoms with Crippen LogP contribution in [0.4, 0.5) is 0 Å². The van der Waals surface area contributed by atoms with Crippen molar-refractivity contribution in [3.63, 3.8) is 0 Å². The molecule has 1 N–H and O–H groups in total. The molecule has 0 radical (unpaired) electrons. The highest BCUT2D eigenvalue weighted by molar-refractivity contribution is 6.30. The molecule has 3 rings (SSSR count). The van der Waals surface area contributed by atoms with Gasteiger partial charge in [-0.05, 0) is 42.0 Å². The van der Waals surface area contributed by atoms with Gasteiger partial charge in [0.05, 0.1) is 0 Å². The molecule has 0 spiro atoms. The number of rotatable bonds is 1. The summed E-state index contributed by atoms with van der Waals surface area (Å²) in [7, 11) is 0. The second-order valence-electron chi connectivity index (χ2n) is 5.52. The minimum absolute atomic E-state index is 0. The summed E-state index contributed by atoms with van der Waals surface area (Å²) < 4.78 is 0. The zero-order chi connectivity index (χ0) is 12.5. The molecule has 20 heavy (non-hydrogen) atoms. The molecule has 1 aromatic carbocycles. The lowest BCUT2D eigenvalue weighted by Crippen LogP contribution is -2.51. The third-order valence-corrected chi connectivity index (χ3v) is 4.74. The van der Waals surface area contributed by atoms with Crippen LogP contribution in [-0.2, 0) is 6.42 Å². The fourth-order valence-electron chi connectivity index (χ4n) is 3.51. The van der Waals surface area contributed by atoms with Gasteiger partial charge >= 0.3 is 0 Å². The Morgan fingerprint density at radius 1 is 1.20 bits per heavy atom. The van der Waals surface area contributed by atoms with E-state index >= 15 is 0 Å². The van der Waals surface area contributed by atoms with Gasteiger partial charge in [0.25, 0.3) is 0 Å². The van der Waals surface area contributed by atoms with Gasteiger partial charge in [0.2, 0.25) is 0 Å². The van der Waals surface area contributed by atoms with Crippen molar-refractivity contribution in [1.82, 2.24) is 10.2 Å². The van der Waals surface area contributed by atoms with Gasteiger partial charge in [-0.15, -0.1) is 24.8 Å². The maximum Gasteiger partial charge on any atom is 0.0408 e. The number of nitrogens with one attached hydrogen (secondary N) is 1. The van der Waals surface area contributed by atoms with Crippen molar-refractivity contribution >= 4 is 36.4 Å². The molecule has 2 nitrogen and oxygen atoms in total. The average Bonchev–Trinajstić information content (AvgIpc) is 2.40. The van der Waals surface area contributed by atoms with E-state index in [-0.39, 0.29) is 24.8 Å². The number of piperazine rings is 1. The summed E-state index contributed by atoms with van der Waals surface area (Å²) in [5.41, 5.74) is 2.97. The molecule has 1 heterocycles. The molecule has 2 aliphatic rings. The summed E-state index contributed by atoms with van der Waals surface area (Å²) in [5.74, 6) is 0.629. The SMILES string of the molecule is C[C@@H]1c2ccc(Cl)cc2CC[C@@H]1N1CCNCC1.Cl.Cl. The first kappa shape index (κ1) is 18.1. The smallest absolute Gasteiger partial charge is 0.0408 e. The predicted octanol–water partition coefficient (Wildman–Crippen LogP) is 3.51. The number of aryl methyl sites for hydroxylation is 1. The summed E-state index contributed by atoms with van der Waals surface area (Å²) in [6.45, 7) is 7.03. The molecule has 1 fully saturated rings. The molecule has 0 saturated carbocycles. The van der Waals surface area contributed by atoms with Crippen LogP contribution in [0, 0.1) is 0 Å². The van der Waals surface area contributed by atoms with E-state index < -0.39 is 0 Å². The third kappa shape index (κ3) is 3.61. The molecule has 0 bridgehead atoms. The summed E-state index contributed by atoms with van der Waals surface area (Å²) in [6, 6.07) is 7.13. The molecule has 2 atom stereocenters. The molecule has 0 amide bonds. The lowest BCUT2D eigenvalue weighted by Gasteiger charge is -2.41. The van der Waals surface area contributed by atoms with Crippen LogP contribution < -0.4 is 5.32 Å². The van der Waals surface area contributed by atoms with E-state index in [1.54, 1.807) is 0 Å². The zero-order valence-corrected chi connectivity index (χ0v) is 14.2. The number of hydrogen-bond donors (Lipinski definition) is 1. The molecular formula is C15H23Cl3N2. The van der Waals surface area contributed by atoms with E-state index in [0.717, 1.165) is 18.1 Å². The van der Waals surface area contributed by atoms with E-state index in [9.17, 15) is 0 Å². The van der Waals surface area contributed by atoms with Crippen molar-refractivity contribution in [1.29, 1.82) is 0 Å². The van der Waals surface area contributed by atoms with Gasteiger partial charge in [0, 0.05) is 37.2 Å². The summed E-state index contributed by atoms with van der Waals surface area (Å²) in [5, 5.41) is 4.31. The van der Waals surface area contributed by atoms with Crippen LogP contribution in [0.2, 0.25) is 5.02 Å². The molecular weight excluding hydrogens is 315 g/mol. The molecule has 1 aromatic rings. The molecule has 0 aromatic heterocycles. The largest absolute Gasteiger partial charge is 0.314 e. The van der Waals surface area contributed by atoms with E-state index in [1.165, 1.54) is 37.1 Å². The van der Waals surface area contributed by atoms with Crippen molar-refractivity contribution < 1.29 is 0 Å². The van der Waals surface area contributed by atoms with Crippen molar-refractivity contribution in [2.24, 2.45) is 0 Å². The standard InChI is InChI=1S/C15H21ClN2.2ClH/c1-11-14-4-3-13(16)10-12(14)2-5-15(11)18-8-6-17-7-9-18;;/h3-4,10-11,15,17H,2,5-9H2,1H3;2*1H/t11-,15+;;/m1../s1.